The molecule has 3 rings (SSSR count). The average molecular weight is 341 g/mol. The second-order valence-corrected chi connectivity index (χ2v) is 6.32. The van der Waals surface area contributed by atoms with Crippen LogP contribution < -0.4 is 4.74 Å². The minimum atomic E-state index is -0.0971. The molecule has 0 saturated carbocycles. The standard InChI is InChI=1S/C16H21BrO3/c1-12-3-2-4-13(10-17)15(12)20-14-5-7-19-16(9-14)6-8-18-11-16/h2-4,14H,5-11H2,1H3. The molecule has 2 aliphatic rings. The lowest BCUT2D eigenvalue weighted by Crippen LogP contribution is -2.44. The Bertz CT molecular complexity index is 469. The Labute approximate surface area is 128 Å². The van der Waals surface area contributed by atoms with Crippen LogP contribution in [0.15, 0.2) is 18.2 Å². The highest BCUT2D eigenvalue weighted by Gasteiger charge is 2.42. The molecule has 110 valence electrons. The summed E-state index contributed by atoms with van der Waals surface area (Å²) in [5.41, 5.74) is 2.32. The quantitative estimate of drug-likeness (QED) is 0.786. The number of aryl methyl sites for hydroxylation is 1. The highest BCUT2D eigenvalue weighted by molar-refractivity contribution is 9.08. The SMILES string of the molecule is Cc1cccc(CBr)c1OC1CCOC2(CCOC2)C1. The van der Waals surface area contributed by atoms with E-state index in [0.29, 0.717) is 6.61 Å². The number of halogens is 1. The van der Waals surface area contributed by atoms with Gasteiger partial charge in [0.1, 0.15) is 11.9 Å². The van der Waals surface area contributed by atoms with Crippen LogP contribution >= 0.6 is 15.9 Å². The van der Waals surface area contributed by atoms with E-state index in [-0.39, 0.29) is 11.7 Å². The van der Waals surface area contributed by atoms with Crippen molar-refractivity contribution >= 4 is 15.9 Å². The number of rotatable bonds is 3. The lowest BCUT2D eigenvalue weighted by molar-refractivity contribution is -0.112. The molecule has 4 heteroatoms. The van der Waals surface area contributed by atoms with Crippen molar-refractivity contribution in [1.29, 1.82) is 0 Å². The lowest BCUT2D eigenvalue weighted by atomic mass is 9.91. The Morgan fingerprint density at radius 3 is 3.05 bits per heavy atom. The van der Waals surface area contributed by atoms with Gasteiger partial charge >= 0.3 is 0 Å². The van der Waals surface area contributed by atoms with E-state index in [9.17, 15) is 0 Å². The van der Waals surface area contributed by atoms with Crippen molar-refractivity contribution < 1.29 is 14.2 Å². The number of ether oxygens (including phenoxy) is 3. The van der Waals surface area contributed by atoms with E-state index in [1.54, 1.807) is 0 Å². The normalized spacial score (nSPS) is 29.8. The Morgan fingerprint density at radius 2 is 2.30 bits per heavy atom. The molecule has 0 amide bonds. The van der Waals surface area contributed by atoms with Crippen molar-refractivity contribution in [3.63, 3.8) is 0 Å². The lowest BCUT2D eigenvalue weighted by Gasteiger charge is -2.37. The van der Waals surface area contributed by atoms with E-state index >= 15 is 0 Å². The van der Waals surface area contributed by atoms with Gasteiger partial charge in [0.05, 0.1) is 18.8 Å². The van der Waals surface area contributed by atoms with Crippen LogP contribution in [0.5, 0.6) is 5.75 Å². The molecule has 2 aliphatic heterocycles. The molecule has 2 atom stereocenters. The summed E-state index contributed by atoms with van der Waals surface area (Å²) in [5.74, 6) is 1.03. The van der Waals surface area contributed by atoms with Crippen LogP contribution in [0, 0.1) is 6.92 Å². The number of benzene rings is 1. The fourth-order valence-corrected chi connectivity index (χ4v) is 3.54. The van der Waals surface area contributed by atoms with Crippen molar-refractivity contribution in [2.24, 2.45) is 0 Å². The summed E-state index contributed by atoms with van der Waals surface area (Å²) in [6.07, 6.45) is 3.11. The zero-order chi connectivity index (χ0) is 14.0. The Hall–Kier alpha value is -0.580. The number of para-hydroxylation sites is 1. The van der Waals surface area contributed by atoms with Crippen molar-refractivity contribution in [2.45, 2.75) is 43.2 Å². The molecule has 1 spiro atoms. The van der Waals surface area contributed by atoms with Gasteiger partial charge in [0, 0.05) is 36.8 Å². The summed E-state index contributed by atoms with van der Waals surface area (Å²) in [5, 5.41) is 0.821. The third kappa shape index (κ3) is 2.87. The molecule has 0 N–H and O–H groups in total. The zero-order valence-corrected chi connectivity index (χ0v) is 13.4. The van der Waals surface area contributed by atoms with E-state index in [4.69, 9.17) is 14.2 Å². The van der Waals surface area contributed by atoms with Crippen LogP contribution in [-0.4, -0.2) is 31.5 Å². The maximum absolute atomic E-state index is 6.33. The van der Waals surface area contributed by atoms with Gasteiger partial charge in [-0.1, -0.05) is 34.1 Å². The smallest absolute Gasteiger partial charge is 0.126 e. The van der Waals surface area contributed by atoms with Gasteiger partial charge in [0.2, 0.25) is 0 Å². The van der Waals surface area contributed by atoms with Gasteiger partial charge in [-0.2, -0.15) is 0 Å². The molecular formula is C16H21BrO3. The predicted molar refractivity (Wildman–Crippen MR) is 81.6 cm³/mol. The summed E-state index contributed by atoms with van der Waals surface area (Å²) in [6, 6.07) is 6.30. The van der Waals surface area contributed by atoms with E-state index in [1.165, 1.54) is 11.1 Å². The predicted octanol–water partition coefficient (Wildman–Crippen LogP) is 3.61. The summed E-state index contributed by atoms with van der Waals surface area (Å²) in [7, 11) is 0. The average Bonchev–Trinajstić information content (AvgIpc) is 2.89. The van der Waals surface area contributed by atoms with Crippen molar-refractivity contribution in [3.8, 4) is 5.75 Å². The Kier molecular flexibility index (Phi) is 4.34. The van der Waals surface area contributed by atoms with Crippen molar-refractivity contribution in [1.82, 2.24) is 0 Å². The van der Waals surface area contributed by atoms with Gasteiger partial charge in [-0.25, -0.2) is 0 Å². The summed E-state index contributed by atoms with van der Waals surface area (Å²) < 4.78 is 17.8. The van der Waals surface area contributed by atoms with Gasteiger partial charge in [-0.3, -0.25) is 0 Å². The molecule has 0 bridgehead atoms. The number of hydrogen-bond acceptors (Lipinski definition) is 3. The molecular weight excluding hydrogens is 320 g/mol. The molecule has 0 radical (unpaired) electrons. The first-order valence-electron chi connectivity index (χ1n) is 7.25. The third-order valence-corrected chi connectivity index (χ3v) is 4.84. The van der Waals surface area contributed by atoms with Crippen LogP contribution in [0.1, 0.15) is 30.4 Å². The Morgan fingerprint density at radius 1 is 1.40 bits per heavy atom. The molecule has 2 fully saturated rings. The highest BCUT2D eigenvalue weighted by Crippen LogP contribution is 2.36. The Balaban J connectivity index is 1.74. The van der Waals surface area contributed by atoms with E-state index in [1.807, 2.05) is 0 Å². The summed E-state index contributed by atoms with van der Waals surface area (Å²) >= 11 is 3.54. The van der Waals surface area contributed by atoms with E-state index in [0.717, 1.165) is 43.6 Å². The van der Waals surface area contributed by atoms with Gasteiger partial charge in [0.15, 0.2) is 0 Å². The van der Waals surface area contributed by atoms with Crippen LogP contribution in [-0.2, 0) is 14.8 Å². The molecule has 1 aromatic rings. The first kappa shape index (κ1) is 14.4. The van der Waals surface area contributed by atoms with E-state index in [2.05, 4.69) is 41.1 Å². The maximum Gasteiger partial charge on any atom is 0.126 e. The van der Waals surface area contributed by atoms with Crippen molar-refractivity contribution in [3.05, 3.63) is 29.3 Å². The van der Waals surface area contributed by atoms with Gasteiger partial charge in [0.25, 0.3) is 0 Å². The van der Waals surface area contributed by atoms with Crippen LogP contribution in [0.25, 0.3) is 0 Å². The molecule has 1 aromatic carbocycles. The van der Waals surface area contributed by atoms with Gasteiger partial charge in [-0.05, 0) is 12.5 Å². The van der Waals surface area contributed by atoms with Crippen LogP contribution in [0.2, 0.25) is 0 Å². The first-order chi connectivity index (χ1) is 9.72. The number of alkyl halides is 1. The maximum atomic E-state index is 6.33. The second-order valence-electron chi connectivity index (χ2n) is 5.76. The summed E-state index contributed by atoms with van der Waals surface area (Å²) in [4.78, 5) is 0. The monoisotopic (exact) mass is 340 g/mol. The largest absolute Gasteiger partial charge is 0.490 e. The fraction of sp³-hybridized carbons (Fsp3) is 0.625. The minimum absolute atomic E-state index is 0.0971. The topological polar surface area (TPSA) is 27.7 Å². The third-order valence-electron chi connectivity index (χ3n) is 4.24. The molecule has 2 unspecified atom stereocenters. The second kappa shape index (κ2) is 6.04. The van der Waals surface area contributed by atoms with E-state index < -0.39 is 0 Å². The van der Waals surface area contributed by atoms with Crippen LogP contribution in [0.4, 0.5) is 0 Å². The van der Waals surface area contributed by atoms with Gasteiger partial charge < -0.3 is 14.2 Å². The zero-order valence-electron chi connectivity index (χ0n) is 11.9. The first-order valence-corrected chi connectivity index (χ1v) is 8.37. The van der Waals surface area contributed by atoms with Crippen molar-refractivity contribution in [2.75, 3.05) is 19.8 Å². The highest BCUT2D eigenvalue weighted by atomic mass is 79.9. The van der Waals surface area contributed by atoms with Crippen LogP contribution in [0.3, 0.4) is 0 Å². The fourth-order valence-electron chi connectivity index (χ4n) is 3.10. The molecule has 20 heavy (non-hydrogen) atoms. The molecule has 0 aliphatic carbocycles. The summed E-state index contributed by atoms with van der Waals surface area (Å²) in [6.45, 7) is 4.40. The minimum Gasteiger partial charge on any atom is -0.490 e. The number of hydrogen-bond donors (Lipinski definition) is 0. The van der Waals surface area contributed by atoms with Gasteiger partial charge in [-0.15, -0.1) is 0 Å². The molecule has 2 saturated heterocycles. The molecule has 0 aromatic heterocycles. The molecule has 2 heterocycles. The molecule has 3 nitrogen and oxygen atoms in total.